The Labute approximate surface area is 102 Å². The Morgan fingerprint density at radius 2 is 2.29 bits per heavy atom. The molecule has 1 heterocycles. The minimum Gasteiger partial charge on any atom is -0.497 e. The van der Waals surface area contributed by atoms with Crippen LogP contribution < -0.4 is 10.1 Å². The van der Waals surface area contributed by atoms with E-state index in [1.54, 1.807) is 24.3 Å². The van der Waals surface area contributed by atoms with Crippen LogP contribution in [0.2, 0.25) is 0 Å². The van der Waals surface area contributed by atoms with Crippen LogP contribution >= 0.6 is 0 Å². The molecule has 0 radical (unpaired) electrons. The minimum atomic E-state index is -3.22. The van der Waals surface area contributed by atoms with Crippen molar-refractivity contribution < 1.29 is 13.2 Å². The molecule has 5 heteroatoms. The normalized spacial score (nSPS) is 20.4. The van der Waals surface area contributed by atoms with Gasteiger partial charge in [0.2, 0.25) is 0 Å². The standard InChI is InChI=1S/C12H17NO3S/c1-16-11-5-2-6-12(8-11)17(14,15)9-10-4-3-7-13-10/h2,5-6,8,10,13H,3-4,7,9H2,1H3. The molecule has 0 spiro atoms. The predicted octanol–water partition coefficient (Wildman–Crippen LogP) is 1.22. The van der Waals surface area contributed by atoms with E-state index in [1.165, 1.54) is 7.11 Å². The van der Waals surface area contributed by atoms with Crippen LogP contribution in [0.5, 0.6) is 5.75 Å². The van der Waals surface area contributed by atoms with Gasteiger partial charge in [-0.1, -0.05) is 6.07 Å². The molecule has 94 valence electrons. The third-order valence-electron chi connectivity index (χ3n) is 2.98. The van der Waals surface area contributed by atoms with Crippen LogP contribution in [0.25, 0.3) is 0 Å². The van der Waals surface area contributed by atoms with Crippen LogP contribution in [-0.4, -0.2) is 33.9 Å². The maximum absolute atomic E-state index is 12.2. The number of benzene rings is 1. The summed E-state index contributed by atoms with van der Waals surface area (Å²) in [5.74, 6) is 0.741. The van der Waals surface area contributed by atoms with E-state index in [2.05, 4.69) is 5.32 Å². The van der Waals surface area contributed by atoms with Gasteiger partial charge in [0.05, 0.1) is 17.8 Å². The Hall–Kier alpha value is -1.07. The summed E-state index contributed by atoms with van der Waals surface area (Å²) in [5.41, 5.74) is 0. The highest BCUT2D eigenvalue weighted by Gasteiger charge is 2.23. The zero-order valence-corrected chi connectivity index (χ0v) is 10.7. The molecule has 1 aliphatic heterocycles. The molecule has 1 aliphatic rings. The van der Waals surface area contributed by atoms with Crippen molar-refractivity contribution in [2.24, 2.45) is 0 Å². The van der Waals surface area contributed by atoms with Gasteiger partial charge in [-0.25, -0.2) is 8.42 Å². The molecule has 1 N–H and O–H groups in total. The van der Waals surface area contributed by atoms with Crippen molar-refractivity contribution in [2.45, 2.75) is 23.8 Å². The smallest absolute Gasteiger partial charge is 0.180 e. The first-order valence-corrected chi connectivity index (χ1v) is 7.37. The number of hydrogen-bond acceptors (Lipinski definition) is 4. The largest absolute Gasteiger partial charge is 0.497 e. The van der Waals surface area contributed by atoms with E-state index in [4.69, 9.17) is 4.74 Å². The fourth-order valence-corrected chi connectivity index (χ4v) is 3.64. The van der Waals surface area contributed by atoms with E-state index in [1.807, 2.05) is 0 Å². The Morgan fingerprint density at radius 3 is 2.94 bits per heavy atom. The van der Waals surface area contributed by atoms with Gasteiger partial charge in [-0.2, -0.15) is 0 Å². The highest BCUT2D eigenvalue weighted by molar-refractivity contribution is 7.91. The van der Waals surface area contributed by atoms with Crippen molar-refractivity contribution >= 4 is 9.84 Å². The monoisotopic (exact) mass is 255 g/mol. The van der Waals surface area contributed by atoms with E-state index in [-0.39, 0.29) is 11.8 Å². The molecule has 2 rings (SSSR count). The molecule has 1 aromatic rings. The Bertz CT molecular complexity index is 478. The van der Waals surface area contributed by atoms with Crippen molar-refractivity contribution in [1.29, 1.82) is 0 Å². The lowest BCUT2D eigenvalue weighted by Crippen LogP contribution is -2.29. The molecule has 0 saturated carbocycles. The summed E-state index contributed by atoms with van der Waals surface area (Å²) in [7, 11) is -1.69. The van der Waals surface area contributed by atoms with Crippen LogP contribution in [0.15, 0.2) is 29.2 Å². The van der Waals surface area contributed by atoms with Gasteiger partial charge in [-0.05, 0) is 37.6 Å². The molecule has 0 aromatic heterocycles. The third kappa shape index (κ3) is 2.98. The van der Waals surface area contributed by atoms with Gasteiger partial charge in [0.15, 0.2) is 9.84 Å². The van der Waals surface area contributed by atoms with E-state index in [9.17, 15) is 8.42 Å². The fourth-order valence-electron chi connectivity index (χ4n) is 2.05. The van der Waals surface area contributed by atoms with Crippen LogP contribution in [-0.2, 0) is 9.84 Å². The van der Waals surface area contributed by atoms with Crippen LogP contribution in [0.1, 0.15) is 12.8 Å². The zero-order valence-electron chi connectivity index (χ0n) is 9.85. The van der Waals surface area contributed by atoms with Crippen molar-refractivity contribution in [1.82, 2.24) is 5.32 Å². The van der Waals surface area contributed by atoms with Gasteiger partial charge >= 0.3 is 0 Å². The topological polar surface area (TPSA) is 55.4 Å². The summed E-state index contributed by atoms with van der Waals surface area (Å²) >= 11 is 0. The summed E-state index contributed by atoms with van der Waals surface area (Å²) < 4.78 is 29.4. The van der Waals surface area contributed by atoms with Crippen molar-refractivity contribution in [3.05, 3.63) is 24.3 Å². The maximum Gasteiger partial charge on any atom is 0.180 e. The van der Waals surface area contributed by atoms with E-state index in [0.717, 1.165) is 19.4 Å². The number of rotatable bonds is 4. The van der Waals surface area contributed by atoms with E-state index < -0.39 is 9.84 Å². The summed E-state index contributed by atoms with van der Waals surface area (Å²) in [6.07, 6.45) is 1.99. The second-order valence-electron chi connectivity index (χ2n) is 4.25. The number of hydrogen-bond donors (Lipinski definition) is 1. The molecule has 1 unspecified atom stereocenters. The van der Waals surface area contributed by atoms with Crippen molar-refractivity contribution in [3.63, 3.8) is 0 Å². The molecule has 1 atom stereocenters. The summed E-state index contributed by atoms with van der Waals surface area (Å²) in [6.45, 7) is 0.915. The van der Waals surface area contributed by atoms with Crippen LogP contribution in [0, 0.1) is 0 Å². The molecular formula is C12H17NO3S. The number of sulfone groups is 1. The molecule has 1 fully saturated rings. The van der Waals surface area contributed by atoms with Crippen molar-refractivity contribution in [2.75, 3.05) is 19.4 Å². The predicted molar refractivity (Wildman–Crippen MR) is 66.1 cm³/mol. The lowest BCUT2D eigenvalue weighted by molar-refractivity contribution is 0.413. The lowest BCUT2D eigenvalue weighted by Gasteiger charge is -2.11. The fraction of sp³-hybridized carbons (Fsp3) is 0.500. The van der Waals surface area contributed by atoms with Gasteiger partial charge in [0.1, 0.15) is 5.75 Å². The average molecular weight is 255 g/mol. The highest BCUT2D eigenvalue weighted by Crippen LogP contribution is 2.20. The molecule has 1 saturated heterocycles. The second kappa shape index (κ2) is 5.06. The molecule has 4 nitrogen and oxygen atoms in total. The maximum atomic E-state index is 12.2. The Kier molecular flexibility index (Phi) is 3.69. The van der Waals surface area contributed by atoms with Gasteiger partial charge in [0, 0.05) is 6.04 Å². The van der Waals surface area contributed by atoms with Gasteiger partial charge in [-0.3, -0.25) is 0 Å². The van der Waals surface area contributed by atoms with Gasteiger partial charge in [0.25, 0.3) is 0 Å². The first-order chi connectivity index (χ1) is 8.12. The number of ether oxygens (including phenoxy) is 1. The van der Waals surface area contributed by atoms with Gasteiger partial charge in [-0.15, -0.1) is 0 Å². The van der Waals surface area contributed by atoms with E-state index in [0.29, 0.717) is 10.6 Å². The molecular weight excluding hydrogens is 238 g/mol. The number of nitrogens with one attached hydrogen (secondary N) is 1. The second-order valence-corrected chi connectivity index (χ2v) is 6.29. The Morgan fingerprint density at radius 1 is 1.47 bits per heavy atom. The van der Waals surface area contributed by atoms with Gasteiger partial charge < -0.3 is 10.1 Å². The molecule has 0 bridgehead atoms. The first kappa shape index (κ1) is 12.4. The van der Waals surface area contributed by atoms with Crippen molar-refractivity contribution in [3.8, 4) is 5.75 Å². The first-order valence-electron chi connectivity index (χ1n) is 5.72. The Balaban J connectivity index is 2.18. The number of methoxy groups -OCH3 is 1. The minimum absolute atomic E-state index is 0.0891. The lowest BCUT2D eigenvalue weighted by atomic mass is 10.3. The van der Waals surface area contributed by atoms with E-state index >= 15 is 0 Å². The average Bonchev–Trinajstić information content (AvgIpc) is 2.81. The molecule has 17 heavy (non-hydrogen) atoms. The molecule has 1 aromatic carbocycles. The zero-order chi connectivity index (χ0) is 12.3. The molecule has 0 amide bonds. The quantitative estimate of drug-likeness (QED) is 0.879. The highest BCUT2D eigenvalue weighted by atomic mass is 32.2. The molecule has 0 aliphatic carbocycles. The SMILES string of the molecule is COc1cccc(S(=O)(=O)CC2CCCN2)c1. The summed E-state index contributed by atoms with van der Waals surface area (Å²) in [6, 6.07) is 6.73. The summed E-state index contributed by atoms with van der Waals surface area (Å²) in [4.78, 5) is 0.338. The third-order valence-corrected chi connectivity index (χ3v) is 4.80. The van der Waals surface area contributed by atoms with Crippen LogP contribution in [0.4, 0.5) is 0 Å². The van der Waals surface area contributed by atoms with Crippen LogP contribution in [0.3, 0.4) is 0 Å². The summed E-state index contributed by atoms with van der Waals surface area (Å²) in [5, 5.41) is 3.20.